The van der Waals surface area contributed by atoms with Crippen LogP contribution in [0.2, 0.25) is 0 Å². The van der Waals surface area contributed by atoms with Gasteiger partial charge in [-0.25, -0.2) is 0 Å². The summed E-state index contributed by atoms with van der Waals surface area (Å²) in [7, 11) is 0. The third-order valence-corrected chi connectivity index (χ3v) is 2.67. The van der Waals surface area contributed by atoms with Crippen molar-refractivity contribution in [2.24, 2.45) is 0 Å². The monoisotopic (exact) mass is 265 g/mol. The fourth-order valence-electron chi connectivity index (χ4n) is 1.63. The number of nitrogens with one attached hydrogen (secondary N) is 1. The van der Waals surface area contributed by atoms with Crippen molar-refractivity contribution in [1.29, 1.82) is 5.26 Å². The SMILES string of the molecule is N#CC(=CNc1ccccc1)c1ccc([N+](=O)[O-])cc1. The van der Waals surface area contributed by atoms with Crippen LogP contribution in [0, 0.1) is 21.4 Å². The lowest BCUT2D eigenvalue weighted by molar-refractivity contribution is -0.384. The van der Waals surface area contributed by atoms with Crippen molar-refractivity contribution in [3.8, 4) is 6.07 Å². The zero-order chi connectivity index (χ0) is 14.4. The maximum absolute atomic E-state index is 10.6. The van der Waals surface area contributed by atoms with Crippen LogP contribution >= 0.6 is 0 Å². The van der Waals surface area contributed by atoms with Crippen molar-refractivity contribution in [2.75, 3.05) is 5.32 Å². The molecule has 98 valence electrons. The van der Waals surface area contributed by atoms with Gasteiger partial charge < -0.3 is 5.32 Å². The number of nitro benzene ring substituents is 1. The average Bonchev–Trinajstić information content (AvgIpc) is 2.49. The van der Waals surface area contributed by atoms with Crippen molar-refractivity contribution in [3.05, 3.63) is 76.5 Å². The molecule has 0 aliphatic heterocycles. The molecule has 0 radical (unpaired) electrons. The molecule has 1 N–H and O–H groups in total. The highest BCUT2D eigenvalue weighted by molar-refractivity contribution is 5.78. The second-order valence-corrected chi connectivity index (χ2v) is 3.98. The van der Waals surface area contributed by atoms with Gasteiger partial charge in [-0.1, -0.05) is 18.2 Å². The summed E-state index contributed by atoms with van der Waals surface area (Å²) in [5, 5.41) is 22.7. The molecule has 0 saturated carbocycles. The number of rotatable bonds is 4. The van der Waals surface area contributed by atoms with Gasteiger partial charge in [-0.05, 0) is 29.8 Å². The number of nitrogens with zero attached hydrogens (tertiary/aromatic N) is 2. The number of para-hydroxylation sites is 1. The predicted octanol–water partition coefficient (Wildman–Crippen LogP) is 3.57. The van der Waals surface area contributed by atoms with E-state index in [9.17, 15) is 10.1 Å². The molecule has 0 atom stereocenters. The van der Waals surface area contributed by atoms with E-state index in [0.717, 1.165) is 5.69 Å². The van der Waals surface area contributed by atoms with E-state index in [0.29, 0.717) is 11.1 Å². The number of nitriles is 1. The summed E-state index contributed by atoms with van der Waals surface area (Å²) in [4.78, 5) is 10.1. The number of hydrogen-bond donors (Lipinski definition) is 1. The van der Waals surface area contributed by atoms with Gasteiger partial charge in [-0.15, -0.1) is 0 Å². The molecule has 0 fully saturated rings. The summed E-state index contributed by atoms with van der Waals surface area (Å²) >= 11 is 0. The summed E-state index contributed by atoms with van der Waals surface area (Å²) in [5.41, 5.74) is 1.90. The number of hydrogen-bond acceptors (Lipinski definition) is 4. The lowest BCUT2D eigenvalue weighted by Gasteiger charge is -2.02. The van der Waals surface area contributed by atoms with Gasteiger partial charge in [-0.3, -0.25) is 10.1 Å². The highest BCUT2D eigenvalue weighted by Gasteiger charge is 2.06. The Bertz CT molecular complexity index is 671. The van der Waals surface area contributed by atoms with Crippen molar-refractivity contribution in [3.63, 3.8) is 0 Å². The fourth-order valence-corrected chi connectivity index (χ4v) is 1.63. The third kappa shape index (κ3) is 3.21. The summed E-state index contributed by atoms with van der Waals surface area (Å²) in [6.07, 6.45) is 1.58. The van der Waals surface area contributed by atoms with E-state index in [1.165, 1.54) is 12.1 Å². The number of allylic oxidation sites excluding steroid dienone is 1. The van der Waals surface area contributed by atoms with Crippen molar-refractivity contribution < 1.29 is 4.92 Å². The second kappa shape index (κ2) is 6.16. The smallest absolute Gasteiger partial charge is 0.269 e. The molecule has 0 unspecified atom stereocenters. The number of nitro groups is 1. The molecule has 2 aromatic rings. The van der Waals surface area contributed by atoms with Crippen LogP contribution in [0.1, 0.15) is 5.56 Å². The standard InChI is InChI=1S/C15H11N3O2/c16-10-13(11-17-14-4-2-1-3-5-14)12-6-8-15(9-7-12)18(19)20/h1-9,11,17H. The highest BCUT2D eigenvalue weighted by atomic mass is 16.6. The zero-order valence-electron chi connectivity index (χ0n) is 10.5. The molecule has 5 nitrogen and oxygen atoms in total. The molecular formula is C15H11N3O2. The topological polar surface area (TPSA) is 79.0 Å². The van der Waals surface area contributed by atoms with E-state index < -0.39 is 4.92 Å². The Labute approximate surface area is 115 Å². The van der Waals surface area contributed by atoms with Crippen LogP contribution in [0.4, 0.5) is 11.4 Å². The molecule has 0 aliphatic carbocycles. The van der Waals surface area contributed by atoms with Gasteiger partial charge >= 0.3 is 0 Å². The summed E-state index contributed by atoms with van der Waals surface area (Å²) in [6, 6.07) is 17.4. The van der Waals surface area contributed by atoms with Crippen molar-refractivity contribution >= 4 is 16.9 Å². The minimum absolute atomic E-state index is 0.00191. The Morgan fingerprint density at radius 1 is 1.15 bits per heavy atom. The summed E-state index contributed by atoms with van der Waals surface area (Å²) < 4.78 is 0. The first-order chi connectivity index (χ1) is 9.70. The maximum atomic E-state index is 10.6. The van der Waals surface area contributed by atoms with Crippen molar-refractivity contribution in [1.82, 2.24) is 0 Å². The molecule has 0 aliphatic rings. The lowest BCUT2D eigenvalue weighted by atomic mass is 10.1. The van der Waals surface area contributed by atoms with E-state index in [2.05, 4.69) is 11.4 Å². The van der Waals surface area contributed by atoms with E-state index in [4.69, 9.17) is 5.26 Å². The van der Waals surface area contributed by atoms with Gasteiger partial charge in [-0.2, -0.15) is 5.26 Å². The van der Waals surface area contributed by atoms with Gasteiger partial charge in [0.1, 0.15) is 6.07 Å². The van der Waals surface area contributed by atoms with Crippen LogP contribution in [0.3, 0.4) is 0 Å². The van der Waals surface area contributed by atoms with E-state index in [-0.39, 0.29) is 5.69 Å². The second-order valence-electron chi connectivity index (χ2n) is 3.98. The van der Waals surface area contributed by atoms with E-state index >= 15 is 0 Å². The van der Waals surface area contributed by atoms with Gasteiger partial charge in [0.15, 0.2) is 0 Å². The lowest BCUT2D eigenvalue weighted by Crippen LogP contribution is -1.92. The molecule has 0 heterocycles. The Kier molecular flexibility index (Phi) is 4.10. The van der Waals surface area contributed by atoms with Crippen LogP contribution < -0.4 is 5.32 Å². The Morgan fingerprint density at radius 2 is 1.80 bits per heavy atom. The van der Waals surface area contributed by atoms with Gasteiger partial charge in [0.25, 0.3) is 5.69 Å². The minimum Gasteiger partial charge on any atom is -0.360 e. The molecule has 5 heteroatoms. The quantitative estimate of drug-likeness (QED) is 0.520. The molecule has 0 bridgehead atoms. The maximum Gasteiger partial charge on any atom is 0.269 e. The van der Waals surface area contributed by atoms with E-state index in [1.54, 1.807) is 18.3 Å². The molecule has 0 aromatic heterocycles. The molecule has 0 amide bonds. The Hall–Kier alpha value is -3.13. The van der Waals surface area contributed by atoms with Crippen LogP contribution in [0.5, 0.6) is 0 Å². The third-order valence-electron chi connectivity index (χ3n) is 2.67. The fraction of sp³-hybridized carbons (Fsp3) is 0. The van der Waals surface area contributed by atoms with Gasteiger partial charge in [0, 0.05) is 24.0 Å². The predicted molar refractivity (Wildman–Crippen MR) is 76.8 cm³/mol. The molecule has 2 rings (SSSR count). The van der Waals surface area contributed by atoms with Crippen LogP contribution in [-0.2, 0) is 0 Å². The number of non-ortho nitro benzene ring substituents is 1. The summed E-state index contributed by atoms with van der Waals surface area (Å²) in [5.74, 6) is 0. The molecule has 0 saturated heterocycles. The summed E-state index contributed by atoms with van der Waals surface area (Å²) in [6.45, 7) is 0. The normalized spacial score (nSPS) is 10.7. The molecular weight excluding hydrogens is 254 g/mol. The van der Waals surface area contributed by atoms with Crippen LogP contribution in [0.25, 0.3) is 5.57 Å². The molecule has 20 heavy (non-hydrogen) atoms. The molecule has 0 spiro atoms. The van der Waals surface area contributed by atoms with Crippen LogP contribution in [-0.4, -0.2) is 4.92 Å². The number of anilines is 1. The van der Waals surface area contributed by atoms with E-state index in [1.807, 2.05) is 30.3 Å². The van der Waals surface area contributed by atoms with Crippen molar-refractivity contribution in [2.45, 2.75) is 0 Å². The zero-order valence-corrected chi connectivity index (χ0v) is 10.5. The first-order valence-corrected chi connectivity index (χ1v) is 5.87. The number of benzene rings is 2. The Morgan fingerprint density at radius 3 is 2.35 bits per heavy atom. The largest absolute Gasteiger partial charge is 0.360 e. The van der Waals surface area contributed by atoms with Gasteiger partial charge in [0.2, 0.25) is 0 Å². The average molecular weight is 265 g/mol. The van der Waals surface area contributed by atoms with Crippen LogP contribution in [0.15, 0.2) is 60.8 Å². The highest BCUT2D eigenvalue weighted by Crippen LogP contribution is 2.18. The molecule has 2 aromatic carbocycles. The first-order valence-electron chi connectivity index (χ1n) is 5.87. The Balaban J connectivity index is 2.20. The van der Waals surface area contributed by atoms with Gasteiger partial charge in [0.05, 0.1) is 10.5 Å². The first kappa shape index (κ1) is 13.3. The minimum atomic E-state index is -0.470.